The molecule has 0 radical (unpaired) electrons. The zero-order chi connectivity index (χ0) is 38.6. The minimum absolute atomic E-state index is 0.563. The molecule has 0 saturated heterocycles. The van der Waals surface area contributed by atoms with Crippen molar-refractivity contribution in [2.75, 3.05) is 0 Å². The van der Waals surface area contributed by atoms with Crippen LogP contribution < -0.4 is 0 Å². The number of furan rings is 3. The number of fused-ring (bicyclic) bond motifs is 11. The molecule has 9 aromatic carbocycles. The molecule has 0 bridgehead atoms. The monoisotopic (exact) mass is 755 g/mol. The molecule has 0 fully saturated rings. The first-order valence-electron chi connectivity index (χ1n) is 19.7. The fourth-order valence-corrected chi connectivity index (χ4v) is 8.98. The standard InChI is InChI=1S/C53H29N3O3/c1-2-12-35-31(11-1)25-34(28-41(35)37-16-9-21-46-49(37)38-14-4-7-19-44(38)57-46)52-54-51(55-53(56-52)40-17-10-22-47-50(40)39-15-5-8-20-45(39)58-47)32-24-23-30-27-42-36-13-3-6-18-43(36)59-48(42)29-33(30)26-32/h1-29H. The Morgan fingerprint density at radius 2 is 0.814 bits per heavy atom. The van der Waals surface area contributed by atoms with Crippen LogP contribution in [0.5, 0.6) is 0 Å². The maximum atomic E-state index is 6.35. The van der Waals surface area contributed by atoms with E-state index in [9.17, 15) is 0 Å². The van der Waals surface area contributed by atoms with Crippen LogP contribution in [-0.2, 0) is 0 Å². The van der Waals surface area contributed by atoms with Crippen LogP contribution in [0.2, 0.25) is 0 Å². The van der Waals surface area contributed by atoms with Crippen molar-refractivity contribution in [1.29, 1.82) is 0 Å². The lowest BCUT2D eigenvalue weighted by molar-refractivity contribution is 0.668. The van der Waals surface area contributed by atoms with Gasteiger partial charge >= 0.3 is 0 Å². The third-order valence-electron chi connectivity index (χ3n) is 11.7. The Kier molecular flexibility index (Phi) is 6.63. The minimum Gasteiger partial charge on any atom is -0.456 e. The molecular weight excluding hydrogens is 727 g/mol. The van der Waals surface area contributed by atoms with Crippen molar-refractivity contribution >= 4 is 87.4 Å². The number of benzene rings is 9. The van der Waals surface area contributed by atoms with E-state index >= 15 is 0 Å². The molecule has 0 aliphatic carbocycles. The smallest absolute Gasteiger partial charge is 0.164 e. The Hall–Kier alpha value is -8.09. The van der Waals surface area contributed by atoms with Gasteiger partial charge in [0.05, 0.1) is 0 Å². The van der Waals surface area contributed by atoms with Gasteiger partial charge in [0.1, 0.15) is 33.5 Å². The summed E-state index contributed by atoms with van der Waals surface area (Å²) < 4.78 is 19.0. The van der Waals surface area contributed by atoms with Crippen molar-refractivity contribution in [3.8, 4) is 45.3 Å². The molecule has 274 valence electrons. The molecular formula is C53H29N3O3. The lowest BCUT2D eigenvalue weighted by Crippen LogP contribution is -2.01. The number of para-hydroxylation sites is 3. The highest BCUT2D eigenvalue weighted by molar-refractivity contribution is 6.16. The van der Waals surface area contributed by atoms with Gasteiger partial charge in [0.15, 0.2) is 17.5 Å². The quantitative estimate of drug-likeness (QED) is 0.178. The van der Waals surface area contributed by atoms with E-state index in [-0.39, 0.29) is 0 Å². The molecule has 13 rings (SSSR count). The second kappa shape index (κ2) is 12.2. The Morgan fingerprint density at radius 1 is 0.271 bits per heavy atom. The second-order valence-electron chi connectivity index (χ2n) is 15.1. The van der Waals surface area contributed by atoms with Crippen LogP contribution in [0.4, 0.5) is 0 Å². The first-order valence-corrected chi connectivity index (χ1v) is 19.7. The molecule has 6 heteroatoms. The van der Waals surface area contributed by atoms with Crippen molar-refractivity contribution in [2.24, 2.45) is 0 Å². The van der Waals surface area contributed by atoms with Crippen LogP contribution in [0.3, 0.4) is 0 Å². The summed E-state index contributed by atoms with van der Waals surface area (Å²) in [6.45, 7) is 0. The predicted octanol–water partition coefficient (Wildman–Crippen LogP) is 14.5. The van der Waals surface area contributed by atoms with E-state index in [1.807, 2.05) is 66.7 Å². The summed E-state index contributed by atoms with van der Waals surface area (Å²) in [7, 11) is 0. The van der Waals surface area contributed by atoms with Gasteiger partial charge in [-0.15, -0.1) is 0 Å². The summed E-state index contributed by atoms with van der Waals surface area (Å²) in [5, 5.41) is 10.7. The van der Waals surface area contributed by atoms with Crippen molar-refractivity contribution in [3.05, 3.63) is 176 Å². The van der Waals surface area contributed by atoms with Crippen LogP contribution in [-0.4, -0.2) is 15.0 Å². The molecule has 0 saturated carbocycles. The van der Waals surface area contributed by atoms with Crippen LogP contribution in [0.15, 0.2) is 189 Å². The maximum absolute atomic E-state index is 6.35. The Labute approximate surface area is 335 Å². The number of nitrogens with zero attached hydrogens (tertiary/aromatic N) is 3. The van der Waals surface area contributed by atoms with E-state index in [2.05, 4.69) is 109 Å². The van der Waals surface area contributed by atoms with Crippen molar-refractivity contribution in [1.82, 2.24) is 15.0 Å². The van der Waals surface area contributed by atoms with Crippen molar-refractivity contribution in [3.63, 3.8) is 0 Å². The van der Waals surface area contributed by atoms with Gasteiger partial charge in [-0.2, -0.15) is 0 Å². The molecule has 4 heterocycles. The Bertz CT molecular complexity index is 3870. The molecule has 0 N–H and O–H groups in total. The minimum atomic E-state index is 0.563. The van der Waals surface area contributed by atoms with Gasteiger partial charge in [-0.3, -0.25) is 0 Å². The molecule has 0 unspecified atom stereocenters. The zero-order valence-corrected chi connectivity index (χ0v) is 31.3. The van der Waals surface area contributed by atoms with Gasteiger partial charge in [0.25, 0.3) is 0 Å². The summed E-state index contributed by atoms with van der Waals surface area (Å²) >= 11 is 0. The molecule has 13 aromatic rings. The zero-order valence-electron chi connectivity index (χ0n) is 31.3. The number of hydrogen-bond donors (Lipinski definition) is 0. The highest BCUT2D eigenvalue weighted by atomic mass is 16.3. The van der Waals surface area contributed by atoms with Gasteiger partial charge in [-0.25, -0.2) is 15.0 Å². The Balaban J connectivity index is 1.07. The second-order valence-corrected chi connectivity index (χ2v) is 15.1. The van der Waals surface area contributed by atoms with Crippen LogP contribution >= 0.6 is 0 Å². The lowest BCUT2D eigenvalue weighted by atomic mass is 9.92. The summed E-state index contributed by atoms with van der Waals surface area (Å²) in [5.41, 5.74) is 9.80. The molecule has 4 aromatic heterocycles. The average Bonchev–Trinajstić information content (AvgIpc) is 3.98. The summed E-state index contributed by atoms with van der Waals surface area (Å²) in [6.07, 6.45) is 0. The largest absolute Gasteiger partial charge is 0.456 e. The summed E-state index contributed by atoms with van der Waals surface area (Å²) in [6, 6.07) is 60.5. The van der Waals surface area contributed by atoms with E-state index in [1.165, 1.54) is 0 Å². The van der Waals surface area contributed by atoms with Crippen molar-refractivity contribution < 1.29 is 13.3 Å². The SMILES string of the molecule is c1ccc2c(-c3cccc4oc5ccccc5c34)cc(-c3nc(-c4ccc5cc6c(cc5c4)oc4ccccc46)nc(-c4cccc5oc6ccccc6c45)n3)cc2c1. The normalized spacial score (nSPS) is 12.1. The van der Waals surface area contributed by atoms with Gasteiger partial charge in [0.2, 0.25) is 0 Å². The molecule has 6 nitrogen and oxygen atoms in total. The van der Waals surface area contributed by atoms with Crippen LogP contribution in [0.1, 0.15) is 0 Å². The van der Waals surface area contributed by atoms with Crippen LogP contribution in [0.25, 0.3) is 133 Å². The van der Waals surface area contributed by atoms with E-state index in [0.717, 1.165) is 115 Å². The number of aromatic nitrogens is 3. The highest BCUT2D eigenvalue weighted by Crippen LogP contribution is 2.42. The van der Waals surface area contributed by atoms with Gasteiger partial charge in [-0.05, 0) is 93.3 Å². The molecule has 59 heavy (non-hydrogen) atoms. The number of hydrogen-bond acceptors (Lipinski definition) is 6. The van der Waals surface area contributed by atoms with E-state index in [0.29, 0.717) is 17.5 Å². The fraction of sp³-hybridized carbons (Fsp3) is 0. The first-order chi connectivity index (χ1) is 29.2. The molecule has 0 spiro atoms. The van der Waals surface area contributed by atoms with Gasteiger partial charge in [-0.1, -0.05) is 115 Å². The highest BCUT2D eigenvalue weighted by Gasteiger charge is 2.21. The topological polar surface area (TPSA) is 78.1 Å². The summed E-state index contributed by atoms with van der Waals surface area (Å²) in [5.74, 6) is 1.70. The predicted molar refractivity (Wildman–Crippen MR) is 238 cm³/mol. The number of rotatable bonds is 4. The third-order valence-corrected chi connectivity index (χ3v) is 11.7. The van der Waals surface area contributed by atoms with E-state index < -0.39 is 0 Å². The van der Waals surface area contributed by atoms with E-state index in [4.69, 9.17) is 28.2 Å². The van der Waals surface area contributed by atoms with E-state index in [1.54, 1.807) is 0 Å². The lowest BCUT2D eigenvalue weighted by Gasteiger charge is -2.13. The molecule has 0 aliphatic heterocycles. The maximum Gasteiger partial charge on any atom is 0.164 e. The Morgan fingerprint density at radius 3 is 1.56 bits per heavy atom. The first kappa shape index (κ1) is 32.0. The third kappa shape index (κ3) is 4.90. The van der Waals surface area contributed by atoms with Crippen molar-refractivity contribution in [2.45, 2.75) is 0 Å². The average molecular weight is 756 g/mol. The fourth-order valence-electron chi connectivity index (χ4n) is 8.98. The van der Waals surface area contributed by atoms with Gasteiger partial charge in [0, 0.05) is 49.0 Å². The molecule has 0 amide bonds. The summed E-state index contributed by atoms with van der Waals surface area (Å²) in [4.78, 5) is 15.9. The molecule has 0 atom stereocenters. The van der Waals surface area contributed by atoms with Crippen LogP contribution in [0, 0.1) is 0 Å². The molecule has 0 aliphatic rings. The van der Waals surface area contributed by atoms with Gasteiger partial charge < -0.3 is 13.3 Å².